The number of carbonyl (C=O) groups is 2. The molecule has 0 heterocycles. The number of carbonyl (C=O) groups excluding carboxylic acids is 1. The summed E-state index contributed by atoms with van der Waals surface area (Å²) in [5.74, 6) is -0.726. The highest BCUT2D eigenvalue weighted by atomic mass is 16.4. The van der Waals surface area contributed by atoms with Gasteiger partial charge in [0.25, 0.3) is 0 Å². The predicted molar refractivity (Wildman–Crippen MR) is 68.0 cm³/mol. The molecular weight excluding hydrogens is 230 g/mol. The van der Waals surface area contributed by atoms with Crippen LogP contribution in [0.4, 0.5) is 0 Å². The van der Waals surface area contributed by atoms with Crippen LogP contribution in [-0.4, -0.2) is 34.5 Å². The van der Waals surface area contributed by atoms with E-state index in [4.69, 9.17) is 5.11 Å². The van der Waals surface area contributed by atoms with E-state index in [0.29, 0.717) is 25.4 Å². The molecule has 0 aromatic carbocycles. The van der Waals surface area contributed by atoms with Gasteiger partial charge in [-0.05, 0) is 38.5 Å². The van der Waals surface area contributed by atoms with Crippen LogP contribution in [-0.2, 0) is 9.59 Å². The van der Waals surface area contributed by atoms with Gasteiger partial charge in [-0.25, -0.2) is 0 Å². The molecule has 0 aromatic heterocycles. The highest BCUT2D eigenvalue weighted by molar-refractivity contribution is 5.80. The second-order valence-corrected chi connectivity index (χ2v) is 5.40. The lowest BCUT2D eigenvalue weighted by molar-refractivity contribution is -0.145. The molecule has 1 N–H and O–H groups in total. The summed E-state index contributed by atoms with van der Waals surface area (Å²) in [6.07, 6.45) is 6.69. The second-order valence-electron chi connectivity index (χ2n) is 5.40. The number of hydrogen-bond donors (Lipinski definition) is 1. The molecule has 4 heteroatoms. The zero-order chi connectivity index (χ0) is 13.1. The van der Waals surface area contributed by atoms with Crippen molar-refractivity contribution in [3.05, 3.63) is 12.7 Å². The van der Waals surface area contributed by atoms with E-state index in [1.807, 2.05) is 4.90 Å². The molecule has 100 valence electrons. The van der Waals surface area contributed by atoms with Gasteiger partial charge in [0, 0.05) is 18.5 Å². The summed E-state index contributed by atoms with van der Waals surface area (Å²) in [5.41, 5.74) is 0. The molecule has 0 atom stereocenters. The Bertz CT molecular complexity index is 341. The lowest BCUT2D eigenvalue weighted by atomic mass is 9.81. The molecule has 0 spiro atoms. The number of carboxylic acids is 1. The zero-order valence-corrected chi connectivity index (χ0v) is 10.7. The molecule has 2 aliphatic rings. The smallest absolute Gasteiger partial charge is 0.306 e. The summed E-state index contributed by atoms with van der Waals surface area (Å²) >= 11 is 0. The minimum atomic E-state index is -0.717. The number of carboxylic acid groups (broad SMARTS) is 1. The van der Waals surface area contributed by atoms with Gasteiger partial charge in [0.2, 0.25) is 5.91 Å². The summed E-state index contributed by atoms with van der Waals surface area (Å²) in [6, 6.07) is 0.410. The monoisotopic (exact) mass is 251 g/mol. The van der Waals surface area contributed by atoms with Crippen molar-refractivity contribution in [3.63, 3.8) is 0 Å². The lowest BCUT2D eigenvalue weighted by Crippen LogP contribution is -2.39. The largest absolute Gasteiger partial charge is 0.481 e. The van der Waals surface area contributed by atoms with Crippen LogP contribution in [0.15, 0.2) is 12.7 Å². The van der Waals surface area contributed by atoms with Crippen molar-refractivity contribution in [1.29, 1.82) is 0 Å². The van der Waals surface area contributed by atoms with Crippen molar-refractivity contribution in [2.75, 3.05) is 6.54 Å². The SMILES string of the molecule is C=CCN(C(=O)C1CCC(C(=O)O)CC1)C1CC1. The molecule has 18 heavy (non-hydrogen) atoms. The van der Waals surface area contributed by atoms with Gasteiger partial charge < -0.3 is 10.0 Å². The second kappa shape index (κ2) is 5.55. The molecule has 2 rings (SSSR count). The lowest BCUT2D eigenvalue weighted by Gasteiger charge is -2.30. The first-order valence-electron chi connectivity index (χ1n) is 6.77. The van der Waals surface area contributed by atoms with Gasteiger partial charge in [-0.15, -0.1) is 6.58 Å². The number of rotatable bonds is 5. The fourth-order valence-corrected chi connectivity index (χ4v) is 2.77. The molecule has 0 saturated heterocycles. The molecule has 0 bridgehead atoms. The Kier molecular flexibility index (Phi) is 4.04. The topological polar surface area (TPSA) is 57.6 Å². The Balaban J connectivity index is 1.89. The van der Waals surface area contributed by atoms with Crippen LogP contribution >= 0.6 is 0 Å². The maximum Gasteiger partial charge on any atom is 0.306 e. The van der Waals surface area contributed by atoms with Crippen LogP contribution in [0.25, 0.3) is 0 Å². The Morgan fingerprint density at radius 1 is 1.11 bits per heavy atom. The summed E-state index contributed by atoms with van der Waals surface area (Å²) in [4.78, 5) is 25.2. The fourth-order valence-electron chi connectivity index (χ4n) is 2.77. The van der Waals surface area contributed by atoms with Crippen molar-refractivity contribution in [2.45, 2.75) is 44.6 Å². The molecule has 0 unspecified atom stereocenters. The van der Waals surface area contributed by atoms with Crippen molar-refractivity contribution < 1.29 is 14.7 Å². The van der Waals surface area contributed by atoms with Crippen molar-refractivity contribution in [3.8, 4) is 0 Å². The van der Waals surface area contributed by atoms with E-state index in [2.05, 4.69) is 6.58 Å². The zero-order valence-electron chi connectivity index (χ0n) is 10.7. The van der Waals surface area contributed by atoms with E-state index in [-0.39, 0.29) is 17.7 Å². The van der Waals surface area contributed by atoms with Gasteiger partial charge in [-0.1, -0.05) is 6.08 Å². The molecule has 4 nitrogen and oxygen atoms in total. The Hall–Kier alpha value is -1.32. The minimum Gasteiger partial charge on any atom is -0.481 e. The van der Waals surface area contributed by atoms with Crippen LogP contribution in [0.2, 0.25) is 0 Å². The van der Waals surface area contributed by atoms with Crippen LogP contribution in [0.3, 0.4) is 0 Å². The average Bonchev–Trinajstić information content (AvgIpc) is 3.19. The third-order valence-corrected chi connectivity index (χ3v) is 4.02. The van der Waals surface area contributed by atoms with Gasteiger partial charge in [0.15, 0.2) is 0 Å². The third kappa shape index (κ3) is 2.92. The molecule has 2 aliphatic carbocycles. The fraction of sp³-hybridized carbons (Fsp3) is 0.714. The Labute approximate surface area is 108 Å². The number of hydrogen-bond acceptors (Lipinski definition) is 2. The van der Waals surface area contributed by atoms with Crippen LogP contribution in [0.5, 0.6) is 0 Å². The van der Waals surface area contributed by atoms with Crippen molar-refractivity contribution >= 4 is 11.9 Å². The van der Waals surface area contributed by atoms with E-state index in [9.17, 15) is 9.59 Å². The Morgan fingerprint density at radius 3 is 2.11 bits per heavy atom. The van der Waals surface area contributed by atoms with Gasteiger partial charge >= 0.3 is 5.97 Å². The molecule has 2 fully saturated rings. The third-order valence-electron chi connectivity index (χ3n) is 4.02. The van der Waals surface area contributed by atoms with E-state index in [0.717, 1.165) is 25.7 Å². The van der Waals surface area contributed by atoms with Gasteiger partial charge in [-0.2, -0.15) is 0 Å². The summed E-state index contributed by atoms with van der Waals surface area (Å²) in [7, 11) is 0. The first kappa shape index (κ1) is 13.1. The van der Waals surface area contributed by atoms with Crippen LogP contribution in [0.1, 0.15) is 38.5 Å². The molecule has 0 aliphatic heterocycles. The normalized spacial score (nSPS) is 27.6. The number of amides is 1. The van der Waals surface area contributed by atoms with E-state index < -0.39 is 5.97 Å². The summed E-state index contributed by atoms with van der Waals surface area (Å²) < 4.78 is 0. The summed E-state index contributed by atoms with van der Waals surface area (Å²) in [6.45, 7) is 4.33. The average molecular weight is 251 g/mol. The summed E-state index contributed by atoms with van der Waals surface area (Å²) in [5, 5.41) is 8.95. The molecule has 1 amide bonds. The highest BCUT2D eigenvalue weighted by Gasteiger charge is 2.37. The predicted octanol–water partition coefficient (Wildman–Crippen LogP) is 2.05. The van der Waals surface area contributed by atoms with Crippen molar-refractivity contribution in [2.24, 2.45) is 11.8 Å². The standard InChI is InChI=1S/C14H21NO3/c1-2-9-15(12-7-8-12)13(16)10-3-5-11(6-4-10)14(17)18/h2,10-12H,1,3-9H2,(H,17,18). The van der Waals surface area contributed by atoms with Gasteiger partial charge in [-0.3, -0.25) is 9.59 Å². The number of nitrogens with zero attached hydrogens (tertiary/aromatic N) is 1. The van der Waals surface area contributed by atoms with Gasteiger partial charge in [0.05, 0.1) is 5.92 Å². The molecular formula is C14H21NO3. The van der Waals surface area contributed by atoms with E-state index >= 15 is 0 Å². The maximum atomic E-state index is 12.4. The first-order chi connectivity index (χ1) is 8.63. The number of aliphatic carboxylic acids is 1. The Morgan fingerprint density at radius 2 is 1.67 bits per heavy atom. The van der Waals surface area contributed by atoms with E-state index in [1.54, 1.807) is 6.08 Å². The van der Waals surface area contributed by atoms with Crippen LogP contribution in [0, 0.1) is 11.8 Å². The molecule has 0 radical (unpaired) electrons. The molecule has 2 saturated carbocycles. The molecule has 0 aromatic rings. The van der Waals surface area contributed by atoms with E-state index in [1.165, 1.54) is 0 Å². The first-order valence-corrected chi connectivity index (χ1v) is 6.77. The quantitative estimate of drug-likeness (QED) is 0.761. The van der Waals surface area contributed by atoms with Gasteiger partial charge in [0.1, 0.15) is 0 Å². The van der Waals surface area contributed by atoms with Crippen LogP contribution < -0.4 is 0 Å². The minimum absolute atomic E-state index is 0.0288. The van der Waals surface area contributed by atoms with Crippen molar-refractivity contribution in [1.82, 2.24) is 4.90 Å². The highest BCUT2D eigenvalue weighted by Crippen LogP contribution is 2.34. The maximum absolute atomic E-state index is 12.4.